The van der Waals surface area contributed by atoms with Crippen molar-refractivity contribution in [3.05, 3.63) is 95.1 Å². The van der Waals surface area contributed by atoms with Crippen molar-refractivity contribution in [2.45, 2.75) is 38.3 Å². The Balaban J connectivity index is 1.37. The molecule has 4 heteroatoms. The van der Waals surface area contributed by atoms with Gasteiger partial charge in [-0.15, -0.1) is 0 Å². The highest BCUT2D eigenvalue weighted by Crippen LogP contribution is 2.44. The molecule has 0 radical (unpaired) electrons. The normalized spacial score (nSPS) is 22.8. The van der Waals surface area contributed by atoms with E-state index in [2.05, 4.69) is 72.5 Å². The number of nitrogens with zero attached hydrogens (tertiary/aromatic N) is 1. The first-order chi connectivity index (χ1) is 16.1. The van der Waals surface area contributed by atoms with Gasteiger partial charge in [-0.05, 0) is 34.4 Å². The predicted molar refractivity (Wildman–Crippen MR) is 130 cm³/mol. The van der Waals surface area contributed by atoms with E-state index in [-0.39, 0.29) is 12.0 Å². The van der Waals surface area contributed by atoms with Gasteiger partial charge in [0.05, 0.1) is 7.11 Å². The summed E-state index contributed by atoms with van der Waals surface area (Å²) in [4.78, 5) is 14.6. The zero-order valence-electron chi connectivity index (χ0n) is 19.4. The summed E-state index contributed by atoms with van der Waals surface area (Å²) in [6, 6.07) is 25.2. The molecule has 1 saturated heterocycles. The fourth-order valence-corrected chi connectivity index (χ4v) is 5.47. The molecule has 2 aliphatic rings. The molecule has 0 amide bonds. The minimum Gasteiger partial charge on any atom is -0.493 e. The molecule has 170 valence electrons. The standard InChI is InChI=1S/C29H31NO3/c1-29(20-31)19-30(17-21-8-4-3-5-9-21)18-26(29)24-12-13-27(32-2)28(16-24)33-25-14-22-10-6-7-11-23(22)15-25/h3-13,16,20,25-26H,14-15,17-19H2,1-2H3. The highest BCUT2D eigenvalue weighted by Gasteiger charge is 2.44. The molecule has 4 nitrogen and oxygen atoms in total. The van der Waals surface area contributed by atoms with Crippen LogP contribution in [-0.4, -0.2) is 37.5 Å². The molecule has 1 heterocycles. The van der Waals surface area contributed by atoms with Crippen LogP contribution >= 0.6 is 0 Å². The summed E-state index contributed by atoms with van der Waals surface area (Å²) in [5.41, 5.74) is 4.68. The Kier molecular flexibility index (Phi) is 5.94. The molecule has 0 spiro atoms. The van der Waals surface area contributed by atoms with Crippen molar-refractivity contribution < 1.29 is 14.3 Å². The molecule has 1 aliphatic heterocycles. The number of fused-ring (bicyclic) bond motifs is 1. The summed E-state index contributed by atoms with van der Waals surface area (Å²) < 4.78 is 12.1. The number of hydrogen-bond acceptors (Lipinski definition) is 4. The Morgan fingerprint density at radius 2 is 1.67 bits per heavy atom. The molecule has 2 unspecified atom stereocenters. The molecule has 1 fully saturated rings. The van der Waals surface area contributed by atoms with Crippen LogP contribution < -0.4 is 9.47 Å². The van der Waals surface area contributed by atoms with Gasteiger partial charge in [0.15, 0.2) is 11.5 Å². The van der Waals surface area contributed by atoms with Crippen LogP contribution in [0, 0.1) is 5.41 Å². The molecule has 5 rings (SSSR count). The molecule has 0 N–H and O–H groups in total. The Labute approximate surface area is 196 Å². The van der Waals surface area contributed by atoms with Gasteiger partial charge in [-0.25, -0.2) is 0 Å². The van der Waals surface area contributed by atoms with Crippen LogP contribution in [0.1, 0.15) is 35.1 Å². The molecule has 3 aromatic rings. The summed E-state index contributed by atoms with van der Waals surface area (Å²) in [5.74, 6) is 1.61. The van der Waals surface area contributed by atoms with Crippen molar-refractivity contribution in [3.8, 4) is 11.5 Å². The van der Waals surface area contributed by atoms with Gasteiger partial charge in [0.2, 0.25) is 0 Å². The number of carbonyl (C=O) groups is 1. The van der Waals surface area contributed by atoms with Crippen LogP contribution in [-0.2, 0) is 24.2 Å². The maximum atomic E-state index is 12.2. The molecule has 0 aromatic heterocycles. The lowest BCUT2D eigenvalue weighted by atomic mass is 9.77. The van der Waals surface area contributed by atoms with Gasteiger partial charge in [0.1, 0.15) is 12.4 Å². The van der Waals surface area contributed by atoms with E-state index in [1.165, 1.54) is 16.7 Å². The first kappa shape index (κ1) is 21.7. The van der Waals surface area contributed by atoms with Gasteiger partial charge in [-0.1, -0.05) is 67.6 Å². The second-order valence-electron chi connectivity index (χ2n) is 9.66. The molecule has 0 bridgehead atoms. The Morgan fingerprint density at radius 3 is 2.33 bits per heavy atom. The van der Waals surface area contributed by atoms with Gasteiger partial charge in [-0.3, -0.25) is 4.90 Å². The first-order valence-corrected chi connectivity index (χ1v) is 11.7. The molecule has 3 aromatic carbocycles. The Hall–Kier alpha value is -3.11. The lowest BCUT2D eigenvalue weighted by Gasteiger charge is -2.25. The second-order valence-corrected chi connectivity index (χ2v) is 9.66. The van der Waals surface area contributed by atoms with Crippen molar-refractivity contribution in [3.63, 3.8) is 0 Å². The lowest BCUT2D eigenvalue weighted by Crippen LogP contribution is -2.28. The highest BCUT2D eigenvalue weighted by molar-refractivity contribution is 5.63. The smallest absolute Gasteiger partial charge is 0.161 e. The lowest BCUT2D eigenvalue weighted by molar-refractivity contribution is -0.115. The molecule has 1 aliphatic carbocycles. The number of likely N-dealkylation sites (tertiary alicyclic amines) is 1. The summed E-state index contributed by atoms with van der Waals surface area (Å²) in [5, 5.41) is 0. The van der Waals surface area contributed by atoms with E-state index in [0.29, 0.717) is 0 Å². The zero-order valence-corrected chi connectivity index (χ0v) is 19.4. The maximum absolute atomic E-state index is 12.2. The number of carbonyl (C=O) groups excluding carboxylic acids is 1. The van der Waals surface area contributed by atoms with E-state index < -0.39 is 5.41 Å². The first-order valence-electron chi connectivity index (χ1n) is 11.7. The largest absolute Gasteiger partial charge is 0.493 e. The van der Waals surface area contributed by atoms with E-state index in [1.54, 1.807) is 7.11 Å². The quantitative estimate of drug-likeness (QED) is 0.481. The van der Waals surface area contributed by atoms with Gasteiger partial charge in [0, 0.05) is 43.8 Å². The molecule has 0 saturated carbocycles. The number of ether oxygens (including phenoxy) is 2. The maximum Gasteiger partial charge on any atom is 0.161 e. The van der Waals surface area contributed by atoms with Crippen LogP contribution in [0.5, 0.6) is 11.5 Å². The fourth-order valence-electron chi connectivity index (χ4n) is 5.47. The molecular formula is C29H31NO3. The second kappa shape index (κ2) is 9.03. The number of aldehydes is 1. The summed E-state index contributed by atoms with van der Waals surface area (Å²) in [6.07, 6.45) is 3.05. The minimum absolute atomic E-state index is 0.0992. The van der Waals surface area contributed by atoms with E-state index in [0.717, 1.165) is 55.8 Å². The third-order valence-corrected chi connectivity index (χ3v) is 7.22. The monoisotopic (exact) mass is 441 g/mol. The average molecular weight is 442 g/mol. The van der Waals surface area contributed by atoms with Crippen LogP contribution in [0.25, 0.3) is 0 Å². The summed E-state index contributed by atoms with van der Waals surface area (Å²) in [6.45, 7) is 4.51. The highest BCUT2D eigenvalue weighted by atomic mass is 16.5. The number of rotatable bonds is 7. The Morgan fingerprint density at radius 1 is 0.970 bits per heavy atom. The van der Waals surface area contributed by atoms with E-state index >= 15 is 0 Å². The van der Waals surface area contributed by atoms with Crippen LogP contribution in [0.4, 0.5) is 0 Å². The van der Waals surface area contributed by atoms with Crippen molar-refractivity contribution in [2.75, 3.05) is 20.2 Å². The average Bonchev–Trinajstić information content (AvgIpc) is 3.40. The van der Waals surface area contributed by atoms with Gasteiger partial charge >= 0.3 is 0 Å². The summed E-state index contributed by atoms with van der Waals surface area (Å²) >= 11 is 0. The van der Waals surface area contributed by atoms with Crippen molar-refractivity contribution >= 4 is 6.29 Å². The van der Waals surface area contributed by atoms with Crippen molar-refractivity contribution in [1.29, 1.82) is 0 Å². The van der Waals surface area contributed by atoms with E-state index in [1.807, 2.05) is 12.1 Å². The third-order valence-electron chi connectivity index (χ3n) is 7.22. The van der Waals surface area contributed by atoms with E-state index in [9.17, 15) is 4.79 Å². The van der Waals surface area contributed by atoms with Crippen LogP contribution in [0.2, 0.25) is 0 Å². The molecular weight excluding hydrogens is 410 g/mol. The Bertz CT molecular complexity index is 1100. The number of benzene rings is 3. The number of methoxy groups -OCH3 is 1. The fraction of sp³-hybridized carbons (Fsp3) is 0.345. The zero-order chi connectivity index (χ0) is 22.8. The third kappa shape index (κ3) is 4.40. The van der Waals surface area contributed by atoms with Crippen molar-refractivity contribution in [1.82, 2.24) is 4.90 Å². The number of hydrogen-bond donors (Lipinski definition) is 0. The van der Waals surface area contributed by atoms with Gasteiger partial charge in [-0.2, -0.15) is 0 Å². The van der Waals surface area contributed by atoms with Crippen LogP contribution in [0.3, 0.4) is 0 Å². The van der Waals surface area contributed by atoms with Crippen molar-refractivity contribution in [2.24, 2.45) is 5.41 Å². The predicted octanol–water partition coefficient (Wildman–Crippen LogP) is 5.05. The topological polar surface area (TPSA) is 38.8 Å². The van der Waals surface area contributed by atoms with E-state index in [4.69, 9.17) is 9.47 Å². The minimum atomic E-state index is -0.440. The summed E-state index contributed by atoms with van der Waals surface area (Å²) in [7, 11) is 1.68. The molecule has 2 atom stereocenters. The SMILES string of the molecule is COc1ccc(C2CN(Cc3ccccc3)CC2(C)C=O)cc1OC1Cc2ccccc2C1. The van der Waals surface area contributed by atoms with Gasteiger partial charge in [0.25, 0.3) is 0 Å². The molecule has 33 heavy (non-hydrogen) atoms. The van der Waals surface area contributed by atoms with Crippen LogP contribution in [0.15, 0.2) is 72.8 Å². The van der Waals surface area contributed by atoms with Gasteiger partial charge < -0.3 is 14.3 Å².